The third-order valence-corrected chi connectivity index (χ3v) is 3.45. The second-order valence-corrected chi connectivity index (χ2v) is 4.59. The Morgan fingerprint density at radius 1 is 1.24 bits per heavy atom. The average Bonchev–Trinajstić information content (AvgIpc) is 2.42. The van der Waals surface area contributed by atoms with Crippen molar-refractivity contribution in [3.8, 4) is 0 Å². The summed E-state index contributed by atoms with van der Waals surface area (Å²) in [6.07, 6.45) is 3.74. The number of nitrogens with two attached hydrogens (primary N) is 1. The molecule has 2 N–H and O–H groups in total. The van der Waals surface area contributed by atoms with Crippen LogP contribution in [0, 0.1) is 0 Å². The van der Waals surface area contributed by atoms with Gasteiger partial charge < -0.3 is 5.73 Å². The van der Waals surface area contributed by atoms with Crippen molar-refractivity contribution in [2.45, 2.75) is 10.8 Å². The van der Waals surface area contributed by atoms with Crippen LogP contribution in [-0.2, 0) is 0 Å². The number of thioether (sulfide) groups is 1. The lowest BCUT2D eigenvalue weighted by Gasteiger charge is -2.14. The Hall–Kier alpha value is -1.39. The fourth-order valence-electron chi connectivity index (χ4n) is 1.76. The molecular formula is C13H15N3S. The van der Waals surface area contributed by atoms with Crippen molar-refractivity contribution in [3.05, 3.63) is 53.9 Å². The average molecular weight is 245 g/mol. The highest BCUT2D eigenvalue weighted by atomic mass is 32.2. The summed E-state index contributed by atoms with van der Waals surface area (Å²) in [5.74, 6) is 0.125. The molecule has 17 heavy (non-hydrogen) atoms. The SMILES string of the molecule is CSc1ccc(C(CN)c2cccnn2)cc1. The van der Waals surface area contributed by atoms with E-state index >= 15 is 0 Å². The van der Waals surface area contributed by atoms with Gasteiger partial charge in [0.25, 0.3) is 0 Å². The molecule has 0 aliphatic heterocycles. The number of hydrogen-bond donors (Lipinski definition) is 1. The van der Waals surface area contributed by atoms with E-state index in [-0.39, 0.29) is 5.92 Å². The molecule has 1 heterocycles. The third kappa shape index (κ3) is 2.84. The van der Waals surface area contributed by atoms with Crippen molar-refractivity contribution >= 4 is 11.8 Å². The van der Waals surface area contributed by atoms with Crippen molar-refractivity contribution in [2.75, 3.05) is 12.8 Å². The maximum atomic E-state index is 5.83. The Morgan fingerprint density at radius 2 is 2.00 bits per heavy atom. The minimum Gasteiger partial charge on any atom is -0.329 e. The molecular weight excluding hydrogens is 230 g/mol. The van der Waals surface area contributed by atoms with Crippen molar-refractivity contribution in [1.29, 1.82) is 0 Å². The molecule has 0 amide bonds. The molecule has 0 aliphatic carbocycles. The zero-order chi connectivity index (χ0) is 12.1. The smallest absolute Gasteiger partial charge is 0.0718 e. The van der Waals surface area contributed by atoms with E-state index in [4.69, 9.17) is 5.73 Å². The number of rotatable bonds is 4. The Labute approximate surface area is 105 Å². The van der Waals surface area contributed by atoms with Gasteiger partial charge in [-0.3, -0.25) is 0 Å². The van der Waals surface area contributed by atoms with E-state index in [9.17, 15) is 0 Å². The Balaban J connectivity index is 2.29. The summed E-state index contributed by atoms with van der Waals surface area (Å²) in [7, 11) is 0. The van der Waals surface area contributed by atoms with Crippen molar-refractivity contribution in [2.24, 2.45) is 5.73 Å². The van der Waals surface area contributed by atoms with Crippen LogP contribution in [0.15, 0.2) is 47.5 Å². The van der Waals surface area contributed by atoms with E-state index in [0.717, 1.165) is 5.69 Å². The van der Waals surface area contributed by atoms with Gasteiger partial charge in [0.1, 0.15) is 0 Å². The van der Waals surface area contributed by atoms with Gasteiger partial charge in [0.05, 0.1) is 5.69 Å². The highest BCUT2D eigenvalue weighted by Crippen LogP contribution is 2.23. The van der Waals surface area contributed by atoms with Gasteiger partial charge in [-0.1, -0.05) is 12.1 Å². The van der Waals surface area contributed by atoms with Gasteiger partial charge in [-0.25, -0.2) is 0 Å². The first kappa shape index (κ1) is 12.1. The predicted octanol–water partition coefficient (Wildman–Crippen LogP) is 2.29. The lowest BCUT2D eigenvalue weighted by molar-refractivity contribution is 0.760. The highest BCUT2D eigenvalue weighted by molar-refractivity contribution is 7.98. The Kier molecular flexibility index (Phi) is 4.12. The minimum atomic E-state index is 0.125. The molecule has 2 rings (SSSR count). The van der Waals surface area contributed by atoms with Crippen LogP contribution < -0.4 is 5.73 Å². The maximum Gasteiger partial charge on any atom is 0.0718 e. The predicted molar refractivity (Wildman–Crippen MR) is 71.2 cm³/mol. The van der Waals surface area contributed by atoms with Crippen LogP contribution in [-0.4, -0.2) is 23.0 Å². The van der Waals surface area contributed by atoms with Crippen LogP contribution in [0.25, 0.3) is 0 Å². The van der Waals surface area contributed by atoms with E-state index in [1.54, 1.807) is 18.0 Å². The summed E-state index contributed by atoms with van der Waals surface area (Å²) in [6.45, 7) is 0.539. The minimum absolute atomic E-state index is 0.125. The van der Waals surface area contributed by atoms with E-state index < -0.39 is 0 Å². The first-order valence-corrected chi connectivity index (χ1v) is 6.69. The van der Waals surface area contributed by atoms with Gasteiger partial charge in [-0.2, -0.15) is 10.2 Å². The maximum absolute atomic E-state index is 5.83. The molecule has 3 nitrogen and oxygen atoms in total. The van der Waals surface area contributed by atoms with Crippen molar-refractivity contribution < 1.29 is 0 Å². The fourth-order valence-corrected chi connectivity index (χ4v) is 2.17. The topological polar surface area (TPSA) is 51.8 Å². The number of hydrogen-bond acceptors (Lipinski definition) is 4. The fraction of sp³-hybridized carbons (Fsp3) is 0.231. The summed E-state index contributed by atoms with van der Waals surface area (Å²) >= 11 is 1.73. The summed E-state index contributed by atoms with van der Waals surface area (Å²) < 4.78 is 0. The lowest BCUT2D eigenvalue weighted by atomic mass is 9.96. The molecule has 0 radical (unpaired) electrons. The zero-order valence-corrected chi connectivity index (χ0v) is 10.5. The van der Waals surface area contributed by atoms with Crippen LogP contribution in [0.1, 0.15) is 17.2 Å². The normalized spacial score (nSPS) is 12.4. The molecule has 1 aromatic carbocycles. The van der Waals surface area contributed by atoms with Crippen LogP contribution in [0.2, 0.25) is 0 Å². The second kappa shape index (κ2) is 5.80. The van der Waals surface area contributed by atoms with Gasteiger partial charge in [0, 0.05) is 23.6 Å². The second-order valence-electron chi connectivity index (χ2n) is 3.71. The standard InChI is InChI=1S/C13H15N3S/c1-17-11-6-4-10(5-7-11)12(9-14)13-3-2-8-15-16-13/h2-8,12H,9,14H2,1H3. The van der Waals surface area contributed by atoms with Crippen molar-refractivity contribution in [3.63, 3.8) is 0 Å². The zero-order valence-electron chi connectivity index (χ0n) is 9.71. The molecule has 4 heteroatoms. The number of benzene rings is 1. The molecule has 0 bridgehead atoms. The van der Waals surface area contributed by atoms with Crippen LogP contribution >= 0.6 is 11.8 Å². The van der Waals surface area contributed by atoms with E-state index in [2.05, 4.69) is 40.7 Å². The summed E-state index contributed by atoms with van der Waals surface area (Å²) in [5, 5.41) is 8.04. The molecule has 88 valence electrons. The van der Waals surface area contributed by atoms with Crippen LogP contribution in [0.5, 0.6) is 0 Å². The largest absolute Gasteiger partial charge is 0.329 e. The number of aromatic nitrogens is 2. The molecule has 1 atom stereocenters. The first-order valence-electron chi connectivity index (χ1n) is 5.46. The van der Waals surface area contributed by atoms with Crippen LogP contribution in [0.4, 0.5) is 0 Å². The molecule has 0 saturated carbocycles. The van der Waals surface area contributed by atoms with Crippen LogP contribution in [0.3, 0.4) is 0 Å². The third-order valence-electron chi connectivity index (χ3n) is 2.70. The summed E-state index contributed by atoms with van der Waals surface area (Å²) in [4.78, 5) is 1.25. The molecule has 0 spiro atoms. The monoisotopic (exact) mass is 245 g/mol. The quantitative estimate of drug-likeness (QED) is 0.840. The molecule has 0 saturated heterocycles. The molecule has 2 aromatic rings. The van der Waals surface area contributed by atoms with Gasteiger partial charge in [-0.05, 0) is 36.1 Å². The molecule has 0 fully saturated rings. The van der Waals surface area contributed by atoms with E-state index in [1.165, 1.54) is 10.5 Å². The molecule has 0 aliphatic rings. The molecule has 1 aromatic heterocycles. The van der Waals surface area contributed by atoms with E-state index in [0.29, 0.717) is 6.54 Å². The van der Waals surface area contributed by atoms with Gasteiger partial charge >= 0.3 is 0 Å². The highest BCUT2D eigenvalue weighted by Gasteiger charge is 2.13. The van der Waals surface area contributed by atoms with Crippen molar-refractivity contribution in [1.82, 2.24) is 10.2 Å². The Bertz CT molecular complexity index is 456. The van der Waals surface area contributed by atoms with Gasteiger partial charge in [-0.15, -0.1) is 11.8 Å². The first-order chi connectivity index (χ1) is 8.35. The van der Waals surface area contributed by atoms with E-state index in [1.807, 2.05) is 12.1 Å². The Morgan fingerprint density at radius 3 is 2.53 bits per heavy atom. The van der Waals surface area contributed by atoms with Gasteiger partial charge in [0.15, 0.2) is 0 Å². The summed E-state index contributed by atoms with van der Waals surface area (Å²) in [6, 6.07) is 12.3. The number of nitrogens with zero attached hydrogens (tertiary/aromatic N) is 2. The molecule has 1 unspecified atom stereocenters. The lowest BCUT2D eigenvalue weighted by Crippen LogP contribution is -2.15. The van der Waals surface area contributed by atoms with Gasteiger partial charge in [0.2, 0.25) is 0 Å². The summed E-state index contributed by atoms with van der Waals surface area (Å²) in [5.41, 5.74) is 7.94.